The molecule has 4 nitrogen and oxygen atoms in total. The molecule has 0 spiro atoms. The molecule has 116 valence electrons. The van der Waals surface area contributed by atoms with E-state index in [0.29, 0.717) is 12.0 Å². The molecule has 2 aliphatic rings. The van der Waals surface area contributed by atoms with Crippen LogP contribution >= 0.6 is 0 Å². The van der Waals surface area contributed by atoms with Crippen LogP contribution in [0.2, 0.25) is 0 Å². The van der Waals surface area contributed by atoms with Gasteiger partial charge < -0.3 is 15.0 Å². The van der Waals surface area contributed by atoms with Gasteiger partial charge in [0.15, 0.2) is 0 Å². The number of likely N-dealkylation sites (N-methyl/N-ethyl adjacent to an activating group) is 2. The van der Waals surface area contributed by atoms with Crippen molar-refractivity contribution >= 4 is 5.97 Å². The zero-order valence-corrected chi connectivity index (χ0v) is 13.4. The number of rotatable bonds is 6. The predicted octanol–water partition coefficient (Wildman–Crippen LogP) is 2.04. The van der Waals surface area contributed by atoms with Crippen LogP contribution in [0.15, 0.2) is 0 Å². The molecule has 2 aliphatic carbocycles. The number of hydrogen-bond acceptors (Lipinski definition) is 4. The summed E-state index contributed by atoms with van der Waals surface area (Å²) in [5, 5.41) is 3.29. The van der Waals surface area contributed by atoms with Crippen LogP contribution in [0.4, 0.5) is 0 Å². The van der Waals surface area contributed by atoms with Crippen LogP contribution in [0.1, 0.15) is 45.4 Å². The van der Waals surface area contributed by atoms with Gasteiger partial charge in [-0.1, -0.05) is 19.8 Å². The van der Waals surface area contributed by atoms with Gasteiger partial charge in [-0.2, -0.15) is 0 Å². The fourth-order valence-electron chi connectivity index (χ4n) is 3.83. The topological polar surface area (TPSA) is 41.6 Å². The lowest BCUT2D eigenvalue weighted by Crippen LogP contribution is -2.60. The third-order valence-electron chi connectivity index (χ3n) is 5.30. The molecule has 0 aromatic rings. The summed E-state index contributed by atoms with van der Waals surface area (Å²) in [6.45, 7) is 3.10. The van der Waals surface area contributed by atoms with Crippen molar-refractivity contribution in [1.29, 1.82) is 0 Å². The molecule has 3 atom stereocenters. The van der Waals surface area contributed by atoms with Gasteiger partial charge in [-0.3, -0.25) is 0 Å². The predicted molar refractivity (Wildman–Crippen MR) is 80.6 cm³/mol. The van der Waals surface area contributed by atoms with E-state index >= 15 is 0 Å². The first kappa shape index (κ1) is 15.8. The Bertz CT molecular complexity index is 343. The molecule has 0 saturated heterocycles. The lowest BCUT2D eigenvalue weighted by atomic mass is 9.85. The SMILES string of the molecule is CNC(CN(C)C1CCCC(C)C1)(C(=O)OC)C1CC1. The van der Waals surface area contributed by atoms with Gasteiger partial charge in [-0.15, -0.1) is 0 Å². The van der Waals surface area contributed by atoms with E-state index in [9.17, 15) is 4.79 Å². The minimum Gasteiger partial charge on any atom is -0.468 e. The average molecular weight is 282 g/mol. The summed E-state index contributed by atoms with van der Waals surface area (Å²) in [5.74, 6) is 1.14. The molecule has 0 aromatic carbocycles. The second-order valence-electron chi connectivity index (χ2n) is 6.83. The third-order valence-corrected chi connectivity index (χ3v) is 5.30. The Labute approximate surface area is 123 Å². The Balaban J connectivity index is 2.05. The quantitative estimate of drug-likeness (QED) is 0.757. The lowest BCUT2D eigenvalue weighted by molar-refractivity contribution is -0.150. The van der Waals surface area contributed by atoms with Crippen molar-refractivity contribution in [2.24, 2.45) is 11.8 Å². The fraction of sp³-hybridized carbons (Fsp3) is 0.938. The molecule has 0 radical (unpaired) electrons. The summed E-state index contributed by atoms with van der Waals surface area (Å²) in [4.78, 5) is 14.7. The molecule has 1 N–H and O–H groups in total. The summed E-state index contributed by atoms with van der Waals surface area (Å²) >= 11 is 0. The van der Waals surface area contributed by atoms with Crippen LogP contribution < -0.4 is 5.32 Å². The minimum atomic E-state index is -0.510. The zero-order valence-electron chi connectivity index (χ0n) is 13.4. The number of esters is 1. The largest absolute Gasteiger partial charge is 0.468 e. The van der Waals surface area contributed by atoms with Crippen molar-refractivity contribution in [3.8, 4) is 0 Å². The maximum atomic E-state index is 12.3. The van der Waals surface area contributed by atoms with Gasteiger partial charge in [-0.25, -0.2) is 4.79 Å². The first-order chi connectivity index (χ1) is 9.53. The van der Waals surface area contributed by atoms with E-state index in [1.165, 1.54) is 32.8 Å². The third kappa shape index (κ3) is 3.17. The van der Waals surface area contributed by atoms with E-state index in [4.69, 9.17) is 4.74 Å². The summed E-state index contributed by atoms with van der Waals surface area (Å²) in [6, 6.07) is 0.606. The van der Waals surface area contributed by atoms with Crippen molar-refractivity contribution in [3.05, 3.63) is 0 Å². The molecule has 0 bridgehead atoms. The van der Waals surface area contributed by atoms with Crippen LogP contribution in [0.3, 0.4) is 0 Å². The molecule has 20 heavy (non-hydrogen) atoms. The smallest absolute Gasteiger partial charge is 0.327 e. The number of carbonyl (C=O) groups is 1. The van der Waals surface area contributed by atoms with Gasteiger partial charge in [0.1, 0.15) is 5.54 Å². The average Bonchev–Trinajstić information content (AvgIpc) is 3.28. The van der Waals surface area contributed by atoms with E-state index < -0.39 is 5.54 Å². The van der Waals surface area contributed by atoms with Gasteiger partial charge in [0.2, 0.25) is 0 Å². The maximum absolute atomic E-state index is 12.3. The Morgan fingerprint density at radius 3 is 2.55 bits per heavy atom. The molecular formula is C16H30N2O2. The molecule has 4 heteroatoms. The first-order valence-electron chi connectivity index (χ1n) is 8.01. The summed E-state index contributed by atoms with van der Waals surface area (Å²) in [6.07, 6.45) is 7.43. The molecule has 0 aromatic heterocycles. The number of ether oxygens (including phenoxy) is 1. The van der Waals surface area contributed by atoms with E-state index in [1.54, 1.807) is 0 Å². The molecular weight excluding hydrogens is 252 g/mol. The highest BCUT2D eigenvalue weighted by atomic mass is 16.5. The molecule has 2 rings (SSSR count). The van der Waals surface area contributed by atoms with E-state index in [2.05, 4.69) is 24.2 Å². The summed E-state index contributed by atoms with van der Waals surface area (Å²) < 4.78 is 5.09. The normalized spacial score (nSPS) is 30.1. The summed E-state index contributed by atoms with van der Waals surface area (Å²) in [5.41, 5.74) is -0.510. The Morgan fingerprint density at radius 1 is 1.35 bits per heavy atom. The number of hydrogen-bond donors (Lipinski definition) is 1. The van der Waals surface area contributed by atoms with Crippen LogP contribution in [0, 0.1) is 11.8 Å². The molecule has 0 amide bonds. The molecule has 2 saturated carbocycles. The second kappa shape index (κ2) is 6.44. The van der Waals surface area contributed by atoms with Crippen LogP contribution in [-0.4, -0.2) is 50.2 Å². The molecule has 3 unspecified atom stereocenters. The Hall–Kier alpha value is -0.610. The van der Waals surface area contributed by atoms with Crippen LogP contribution in [0.5, 0.6) is 0 Å². The van der Waals surface area contributed by atoms with Crippen molar-refractivity contribution < 1.29 is 9.53 Å². The Kier molecular flexibility index (Phi) is 5.08. The van der Waals surface area contributed by atoms with E-state index in [1.807, 2.05) is 7.05 Å². The van der Waals surface area contributed by atoms with Crippen molar-refractivity contribution in [3.63, 3.8) is 0 Å². The van der Waals surface area contributed by atoms with Crippen molar-refractivity contribution in [2.45, 2.75) is 57.0 Å². The maximum Gasteiger partial charge on any atom is 0.327 e. The van der Waals surface area contributed by atoms with Gasteiger partial charge in [0.05, 0.1) is 7.11 Å². The van der Waals surface area contributed by atoms with Gasteiger partial charge in [0, 0.05) is 12.6 Å². The lowest BCUT2D eigenvalue weighted by Gasteiger charge is -2.40. The highest BCUT2D eigenvalue weighted by Gasteiger charge is 2.52. The van der Waals surface area contributed by atoms with Gasteiger partial charge in [-0.05, 0) is 51.6 Å². The second-order valence-corrected chi connectivity index (χ2v) is 6.83. The van der Waals surface area contributed by atoms with Crippen molar-refractivity contribution in [1.82, 2.24) is 10.2 Å². The van der Waals surface area contributed by atoms with Crippen LogP contribution in [-0.2, 0) is 9.53 Å². The first-order valence-corrected chi connectivity index (χ1v) is 8.01. The number of nitrogens with one attached hydrogen (secondary N) is 1. The zero-order chi connectivity index (χ0) is 14.8. The monoisotopic (exact) mass is 282 g/mol. The van der Waals surface area contributed by atoms with E-state index in [0.717, 1.165) is 25.3 Å². The number of methoxy groups -OCH3 is 1. The van der Waals surface area contributed by atoms with E-state index in [-0.39, 0.29) is 5.97 Å². The van der Waals surface area contributed by atoms with Crippen LogP contribution in [0.25, 0.3) is 0 Å². The minimum absolute atomic E-state index is 0.0989. The summed E-state index contributed by atoms with van der Waals surface area (Å²) in [7, 11) is 5.56. The Morgan fingerprint density at radius 2 is 2.05 bits per heavy atom. The number of carbonyl (C=O) groups excluding carboxylic acids is 1. The standard InChI is InChI=1S/C16H30N2O2/c1-12-6-5-7-14(10-12)18(3)11-16(17-2,13-8-9-13)15(19)20-4/h12-14,17H,5-11H2,1-4H3. The molecule has 0 heterocycles. The van der Waals surface area contributed by atoms with Gasteiger partial charge in [0.25, 0.3) is 0 Å². The fourth-order valence-corrected chi connectivity index (χ4v) is 3.83. The number of nitrogens with zero attached hydrogens (tertiary/aromatic N) is 1. The molecule has 0 aliphatic heterocycles. The molecule has 2 fully saturated rings. The highest BCUT2D eigenvalue weighted by Crippen LogP contribution is 2.41. The van der Waals surface area contributed by atoms with Crippen molar-refractivity contribution in [2.75, 3.05) is 27.7 Å². The van der Waals surface area contributed by atoms with Gasteiger partial charge >= 0.3 is 5.97 Å². The highest BCUT2D eigenvalue weighted by molar-refractivity contribution is 5.82.